The summed E-state index contributed by atoms with van der Waals surface area (Å²) in [5.41, 5.74) is 1.32. The van der Waals surface area contributed by atoms with Gasteiger partial charge in [-0.2, -0.15) is 0 Å². The Balaban J connectivity index is 2.89. The van der Waals surface area contributed by atoms with Crippen LogP contribution < -0.4 is 0 Å². The average Bonchev–Trinajstić information content (AvgIpc) is 3.20. The molecule has 1 aromatic rings. The van der Waals surface area contributed by atoms with Gasteiger partial charge in [-0.3, -0.25) is 0 Å². The number of hydrogen-bond acceptors (Lipinski definition) is 3. The van der Waals surface area contributed by atoms with E-state index in [0.29, 0.717) is 6.61 Å². The molecule has 4 heteroatoms. The molecule has 0 atom stereocenters. The third kappa shape index (κ3) is 8.32. The van der Waals surface area contributed by atoms with Crippen molar-refractivity contribution in [2.24, 2.45) is 0 Å². The van der Waals surface area contributed by atoms with E-state index in [4.69, 9.17) is 9.15 Å². The number of furan rings is 1. The summed E-state index contributed by atoms with van der Waals surface area (Å²) in [6.45, 7) is 9.49. The maximum absolute atomic E-state index is 12.1. The molecule has 0 aliphatic heterocycles. The molecule has 1 rings (SSSR count). The molecule has 0 saturated carbocycles. The van der Waals surface area contributed by atoms with Crippen molar-refractivity contribution in [3.8, 4) is 0 Å². The van der Waals surface area contributed by atoms with Crippen molar-refractivity contribution >= 4 is 24.3 Å². The van der Waals surface area contributed by atoms with E-state index in [1.165, 1.54) is 63.7 Å². The van der Waals surface area contributed by atoms with E-state index in [2.05, 4.69) is 31.8 Å². The third-order valence-electron chi connectivity index (χ3n) is 5.16. The van der Waals surface area contributed by atoms with E-state index < -0.39 is 18.4 Å². The molecule has 0 N–H and O–H groups in total. The van der Waals surface area contributed by atoms with Gasteiger partial charge in [0, 0.05) is 0 Å². The van der Waals surface area contributed by atoms with E-state index in [1.54, 1.807) is 12.1 Å². The standard InChI is InChI=1S/C10H11O3.3C4H9.Sn/c1-3-8(2)7-13-10(11)9-5-4-6-12-9;3*1-3-4-2;/h2,4-6H,3,7H2,1H3;3*1,3-4H2,2H3;. The van der Waals surface area contributed by atoms with Crippen LogP contribution in [0.3, 0.4) is 0 Å². The minimum atomic E-state index is -2.33. The van der Waals surface area contributed by atoms with Gasteiger partial charge in [-0.1, -0.05) is 0 Å². The summed E-state index contributed by atoms with van der Waals surface area (Å²) in [6, 6.07) is 3.37. The first-order chi connectivity index (χ1) is 12.6. The van der Waals surface area contributed by atoms with Gasteiger partial charge < -0.3 is 0 Å². The maximum atomic E-state index is 12.1. The molecule has 26 heavy (non-hydrogen) atoms. The first kappa shape index (κ1) is 23.3. The zero-order chi connectivity index (χ0) is 19.3. The number of rotatable bonds is 14. The molecule has 0 radical (unpaired) electrons. The van der Waals surface area contributed by atoms with Crippen LogP contribution >= 0.6 is 0 Å². The Kier molecular flexibility index (Phi) is 12.1. The first-order valence-electron chi connectivity index (χ1n) is 10.5. The van der Waals surface area contributed by atoms with Gasteiger partial charge in [0.15, 0.2) is 0 Å². The second kappa shape index (κ2) is 13.5. The summed E-state index contributed by atoms with van der Waals surface area (Å²) in [5.74, 6) is -0.0657. The number of unbranched alkanes of at least 4 members (excludes halogenated alkanes) is 3. The van der Waals surface area contributed by atoms with E-state index in [1.807, 2.05) is 0 Å². The number of carbonyl (C=O) groups excluding carboxylic acids is 1. The van der Waals surface area contributed by atoms with Gasteiger partial charge in [0.05, 0.1) is 0 Å². The molecule has 0 unspecified atom stereocenters. The summed E-state index contributed by atoms with van der Waals surface area (Å²) in [6.07, 6.45) is 10.4. The van der Waals surface area contributed by atoms with Crippen LogP contribution in [0.15, 0.2) is 32.5 Å². The zero-order valence-electron chi connectivity index (χ0n) is 17.3. The molecule has 0 bridgehead atoms. The van der Waals surface area contributed by atoms with Gasteiger partial charge in [-0.05, 0) is 0 Å². The van der Waals surface area contributed by atoms with Crippen LogP contribution in [0, 0.1) is 0 Å². The molecular formula is C22H38O3Sn. The van der Waals surface area contributed by atoms with Crippen LogP contribution in [0.5, 0.6) is 0 Å². The van der Waals surface area contributed by atoms with Crippen molar-refractivity contribution in [1.82, 2.24) is 0 Å². The van der Waals surface area contributed by atoms with Gasteiger partial charge in [0.25, 0.3) is 0 Å². The summed E-state index contributed by atoms with van der Waals surface area (Å²) >= 11 is -2.33. The summed E-state index contributed by atoms with van der Waals surface area (Å²) in [5, 5.41) is 0. The predicted molar refractivity (Wildman–Crippen MR) is 112 cm³/mol. The van der Waals surface area contributed by atoms with Crippen molar-refractivity contribution in [1.29, 1.82) is 0 Å². The molecule has 0 fully saturated rings. The minimum absolute atomic E-state index is 0.290. The third-order valence-corrected chi connectivity index (χ3v) is 19.6. The summed E-state index contributed by atoms with van der Waals surface area (Å²) < 4.78 is 17.7. The van der Waals surface area contributed by atoms with Gasteiger partial charge in [-0.25, -0.2) is 0 Å². The second-order valence-electron chi connectivity index (χ2n) is 7.38. The van der Waals surface area contributed by atoms with Crippen molar-refractivity contribution < 1.29 is 13.9 Å². The molecule has 0 aliphatic rings. The number of hydrogen-bond donors (Lipinski definition) is 0. The first-order valence-corrected chi connectivity index (χ1v) is 18.2. The summed E-state index contributed by atoms with van der Waals surface area (Å²) in [7, 11) is 0. The van der Waals surface area contributed by atoms with Crippen LogP contribution in [-0.2, 0) is 4.74 Å². The zero-order valence-corrected chi connectivity index (χ0v) is 20.2. The van der Waals surface area contributed by atoms with E-state index in [0.717, 1.165) is 6.42 Å². The molecule has 0 spiro atoms. The van der Waals surface area contributed by atoms with Gasteiger partial charge in [0.2, 0.25) is 0 Å². The fourth-order valence-corrected chi connectivity index (χ4v) is 19.2. The number of esters is 1. The molecule has 1 heterocycles. The Morgan fingerprint density at radius 2 is 1.62 bits per heavy atom. The van der Waals surface area contributed by atoms with Crippen molar-refractivity contribution in [2.75, 3.05) is 6.61 Å². The van der Waals surface area contributed by atoms with Crippen LogP contribution in [0.25, 0.3) is 0 Å². The molecule has 0 amide bonds. The average molecular weight is 469 g/mol. The Hall–Kier alpha value is -0.711. The second-order valence-corrected chi connectivity index (χ2v) is 20.3. The van der Waals surface area contributed by atoms with Crippen molar-refractivity contribution in [3.63, 3.8) is 0 Å². The number of ether oxygens (including phenoxy) is 1. The van der Waals surface area contributed by atoms with Gasteiger partial charge in [0.1, 0.15) is 0 Å². The van der Waals surface area contributed by atoms with Gasteiger partial charge in [-0.15, -0.1) is 0 Å². The molecule has 0 aromatic carbocycles. The Bertz CT molecular complexity index is 498. The quantitative estimate of drug-likeness (QED) is 0.214. The fraction of sp³-hybridized carbons (Fsp3) is 0.682. The van der Waals surface area contributed by atoms with Crippen molar-refractivity contribution in [3.05, 3.63) is 33.8 Å². The topological polar surface area (TPSA) is 39.4 Å². The number of carbonyl (C=O) groups is 1. The van der Waals surface area contributed by atoms with Crippen LogP contribution in [0.2, 0.25) is 13.3 Å². The van der Waals surface area contributed by atoms with E-state index in [-0.39, 0.29) is 11.7 Å². The van der Waals surface area contributed by atoms with Crippen LogP contribution in [0.4, 0.5) is 0 Å². The fourth-order valence-electron chi connectivity index (χ4n) is 3.48. The van der Waals surface area contributed by atoms with Gasteiger partial charge >= 0.3 is 165 Å². The molecule has 3 nitrogen and oxygen atoms in total. The van der Waals surface area contributed by atoms with Crippen molar-refractivity contribution in [2.45, 2.75) is 86.0 Å². The predicted octanol–water partition coefficient (Wildman–Crippen LogP) is 7.16. The molecule has 148 valence electrons. The monoisotopic (exact) mass is 470 g/mol. The molecular weight excluding hydrogens is 431 g/mol. The van der Waals surface area contributed by atoms with Crippen LogP contribution in [-0.4, -0.2) is 31.0 Å². The molecule has 0 aliphatic carbocycles. The SMILES string of the molecule is CCC[CH2][Sn](/[CH]=C(\CC)COC(=O)c1ccco1)([CH2]CCC)[CH2]CCC. The van der Waals surface area contributed by atoms with E-state index in [9.17, 15) is 4.79 Å². The van der Waals surface area contributed by atoms with Crippen LogP contribution in [0.1, 0.15) is 83.2 Å². The molecule has 0 saturated heterocycles. The Morgan fingerprint density at radius 1 is 1.04 bits per heavy atom. The summed E-state index contributed by atoms with van der Waals surface area (Å²) in [4.78, 5) is 12.1. The van der Waals surface area contributed by atoms with E-state index >= 15 is 0 Å². The Labute approximate surface area is 164 Å². The molecule has 1 aromatic heterocycles. The normalized spacial score (nSPS) is 12.4. The Morgan fingerprint density at radius 3 is 2.04 bits per heavy atom.